The van der Waals surface area contributed by atoms with Crippen LogP contribution < -0.4 is 0 Å². The third kappa shape index (κ3) is 13.3. The molecule has 365 valence electrons. The van der Waals surface area contributed by atoms with Crippen molar-refractivity contribution in [3.8, 4) is 44.8 Å². The first kappa shape index (κ1) is 53.8. The smallest absolute Gasteiger partial charge is 0.164 e. The minimum atomic E-state index is -0.417. The summed E-state index contributed by atoms with van der Waals surface area (Å²) in [6.07, 6.45) is 5.15. The van der Waals surface area contributed by atoms with Crippen LogP contribution in [0.25, 0.3) is 77.1 Å². The van der Waals surface area contributed by atoms with Gasteiger partial charge in [-0.2, -0.15) is 0 Å². The molecule has 0 fully saturated rings. The third-order valence-electron chi connectivity index (χ3n) is 12.6. The Kier molecular flexibility index (Phi) is 16.6. The monoisotopic (exact) mass is 1110 g/mol. The quantitative estimate of drug-likeness (QED) is 0.0807. The minimum absolute atomic E-state index is 0. The van der Waals surface area contributed by atoms with Gasteiger partial charge in [0.1, 0.15) is 5.76 Å². The molecule has 1 N–H and O–H groups in total. The Labute approximate surface area is 436 Å². The summed E-state index contributed by atoms with van der Waals surface area (Å²) >= 11 is 0. The van der Waals surface area contributed by atoms with E-state index < -0.39 is 5.41 Å². The summed E-state index contributed by atoms with van der Waals surface area (Å²) in [6.45, 7) is 26.7. The number of hydrogen-bond acceptors (Lipinski definition) is 4. The number of ketones is 1. The van der Waals surface area contributed by atoms with Crippen LogP contribution in [0, 0.1) is 29.9 Å². The average molecular weight is 1110 g/mol. The Morgan fingerprint density at radius 1 is 0.507 bits per heavy atom. The van der Waals surface area contributed by atoms with Crippen LogP contribution in [0.2, 0.25) is 0 Å². The molecular weight excluding hydrogens is 1040 g/mol. The van der Waals surface area contributed by atoms with Crippen molar-refractivity contribution in [2.24, 2.45) is 10.8 Å². The SMILES string of the molecule is CC(C)(C)C(=O)/C=C(\O)C(C)(C)C.CC(C)(C)c1ccnc(-c2[c-]ccc(-c3ccccc3)c2)c1.Cc1[c-]c(-c2nccc3c2ccc2c4ccc(C(C)(C)C)cc4ccc32)cc(-c2ccccc2)c1.[Ir]. The molecule has 1 radical (unpaired) electrons. The zero-order valence-electron chi connectivity index (χ0n) is 43.7. The first-order valence-corrected chi connectivity index (χ1v) is 24.3. The molecule has 2 heterocycles. The second-order valence-corrected chi connectivity index (χ2v) is 22.4. The summed E-state index contributed by atoms with van der Waals surface area (Å²) in [7, 11) is 0. The standard InChI is InChI=1S/C34H28N.C21H20N.C11H20O2.Ir/c1-22-18-25(23-8-6-5-7-9-23)20-26(19-22)33-32-15-14-29-28-13-11-27(34(2,3)4)21-24(28)10-12-30(29)31(32)16-17-35-33;1-21(2,3)19-12-13-22-20(15-19)18-11-7-10-17(14-18)16-8-5-4-6-9-16;1-10(2,3)8(12)7-9(13)11(4,5)6;/h5-18,20-21H,1-4H3;4-10,12-15H,1-3H3;7,12H,1-6H3;/q2*-1;;/b;;8-7-;. The maximum Gasteiger partial charge on any atom is 0.164 e. The van der Waals surface area contributed by atoms with Crippen molar-refractivity contribution >= 4 is 38.1 Å². The van der Waals surface area contributed by atoms with Crippen molar-refractivity contribution in [2.75, 3.05) is 0 Å². The molecular formula is C66H68IrN2O2-2. The summed E-state index contributed by atoms with van der Waals surface area (Å²) in [5, 5.41) is 17.1. The van der Waals surface area contributed by atoms with Crippen LogP contribution in [0.5, 0.6) is 0 Å². The summed E-state index contributed by atoms with van der Waals surface area (Å²) in [5.74, 6) is 0.104. The van der Waals surface area contributed by atoms with Gasteiger partial charge in [0.25, 0.3) is 0 Å². The fourth-order valence-electron chi connectivity index (χ4n) is 8.16. The number of carbonyl (C=O) groups excluding carboxylic acids is 1. The summed E-state index contributed by atoms with van der Waals surface area (Å²) < 4.78 is 0. The molecule has 9 rings (SSSR count). The van der Waals surface area contributed by atoms with Gasteiger partial charge in [0.2, 0.25) is 0 Å². The normalized spacial score (nSPS) is 12.1. The molecule has 2 aromatic heterocycles. The molecule has 0 atom stereocenters. The maximum absolute atomic E-state index is 11.5. The van der Waals surface area contributed by atoms with Gasteiger partial charge in [-0.15, -0.1) is 70.3 Å². The van der Waals surface area contributed by atoms with Crippen LogP contribution in [0.1, 0.15) is 99.8 Å². The summed E-state index contributed by atoms with van der Waals surface area (Å²) in [5.41, 5.74) is 12.1. The predicted molar refractivity (Wildman–Crippen MR) is 297 cm³/mol. The fraction of sp³-hybridized carbons (Fsp3) is 0.258. The minimum Gasteiger partial charge on any atom is -0.512 e. The van der Waals surface area contributed by atoms with E-state index in [1.165, 1.54) is 66.4 Å². The van der Waals surface area contributed by atoms with Crippen molar-refractivity contribution in [2.45, 2.75) is 101 Å². The number of aliphatic hydroxyl groups is 1. The molecule has 71 heavy (non-hydrogen) atoms. The van der Waals surface area contributed by atoms with Crippen LogP contribution in [-0.2, 0) is 35.7 Å². The summed E-state index contributed by atoms with van der Waals surface area (Å²) in [6, 6.07) is 60.7. The Hall–Kier alpha value is -6.52. The van der Waals surface area contributed by atoms with Crippen molar-refractivity contribution in [3.05, 3.63) is 205 Å². The third-order valence-corrected chi connectivity index (χ3v) is 12.6. The first-order chi connectivity index (χ1) is 33.0. The molecule has 4 nitrogen and oxygen atoms in total. The fourth-order valence-corrected chi connectivity index (χ4v) is 8.16. The maximum atomic E-state index is 11.5. The van der Waals surface area contributed by atoms with E-state index >= 15 is 0 Å². The molecule has 0 bridgehead atoms. The molecule has 7 aromatic carbocycles. The Morgan fingerprint density at radius 2 is 1.04 bits per heavy atom. The number of aliphatic hydroxyl groups excluding tert-OH is 1. The number of carbonyl (C=O) groups is 1. The molecule has 0 aliphatic rings. The van der Waals surface area contributed by atoms with E-state index in [1.807, 2.05) is 66.1 Å². The predicted octanol–water partition coefficient (Wildman–Crippen LogP) is 17.9. The molecule has 5 heteroatoms. The van der Waals surface area contributed by atoms with Gasteiger partial charge in [-0.25, -0.2) is 0 Å². The first-order valence-electron chi connectivity index (χ1n) is 24.3. The van der Waals surface area contributed by atoms with Gasteiger partial charge >= 0.3 is 0 Å². The van der Waals surface area contributed by atoms with Crippen LogP contribution in [-0.4, -0.2) is 20.9 Å². The second kappa shape index (κ2) is 21.9. The number of rotatable bonds is 5. The van der Waals surface area contributed by atoms with Crippen LogP contribution in [0.4, 0.5) is 0 Å². The molecule has 0 unspecified atom stereocenters. The number of benzene rings is 7. The average Bonchev–Trinajstić information content (AvgIpc) is 3.33. The van der Waals surface area contributed by atoms with Gasteiger partial charge in [-0.05, 0) is 88.9 Å². The molecule has 0 spiro atoms. The van der Waals surface area contributed by atoms with Gasteiger partial charge in [0.05, 0.1) is 0 Å². The van der Waals surface area contributed by atoms with E-state index in [-0.39, 0.29) is 47.9 Å². The van der Waals surface area contributed by atoms with Crippen molar-refractivity contribution in [1.82, 2.24) is 9.97 Å². The number of hydrogen-bond donors (Lipinski definition) is 1. The zero-order valence-corrected chi connectivity index (χ0v) is 46.1. The van der Waals surface area contributed by atoms with Crippen molar-refractivity contribution in [1.29, 1.82) is 0 Å². The molecule has 0 aliphatic carbocycles. The Bertz CT molecular complexity index is 3330. The number of aryl methyl sites for hydroxylation is 1. The van der Waals surface area contributed by atoms with Gasteiger partial charge < -0.3 is 15.1 Å². The van der Waals surface area contributed by atoms with E-state index in [2.05, 4.69) is 205 Å². The largest absolute Gasteiger partial charge is 0.512 e. The number of aromatic nitrogens is 2. The molecule has 0 saturated carbocycles. The summed E-state index contributed by atoms with van der Waals surface area (Å²) in [4.78, 5) is 20.8. The number of pyridine rings is 2. The number of fused-ring (bicyclic) bond motifs is 5. The molecule has 0 amide bonds. The van der Waals surface area contributed by atoms with Gasteiger partial charge in [-0.1, -0.05) is 199 Å². The van der Waals surface area contributed by atoms with Crippen LogP contribution in [0.3, 0.4) is 0 Å². The van der Waals surface area contributed by atoms with Gasteiger partial charge in [0, 0.05) is 49.4 Å². The molecule has 0 saturated heterocycles. The van der Waals surface area contributed by atoms with Crippen molar-refractivity contribution < 1.29 is 30.0 Å². The molecule has 0 aliphatic heterocycles. The van der Waals surface area contributed by atoms with Crippen LogP contribution in [0.15, 0.2) is 176 Å². The Balaban J connectivity index is 0.000000196. The zero-order chi connectivity index (χ0) is 50.6. The van der Waals surface area contributed by atoms with E-state index in [9.17, 15) is 9.90 Å². The van der Waals surface area contributed by atoms with E-state index in [0.29, 0.717) is 0 Å². The Morgan fingerprint density at radius 3 is 1.66 bits per heavy atom. The number of nitrogens with zero attached hydrogens (tertiary/aromatic N) is 2. The number of allylic oxidation sites excluding steroid dienone is 2. The van der Waals surface area contributed by atoms with Crippen molar-refractivity contribution in [3.63, 3.8) is 0 Å². The van der Waals surface area contributed by atoms with E-state index in [4.69, 9.17) is 4.98 Å². The van der Waals surface area contributed by atoms with Crippen LogP contribution >= 0.6 is 0 Å². The van der Waals surface area contributed by atoms with Gasteiger partial charge in [-0.3, -0.25) is 4.79 Å². The topological polar surface area (TPSA) is 63.1 Å². The second-order valence-electron chi connectivity index (χ2n) is 22.4. The van der Waals surface area contributed by atoms with E-state index in [1.54, 1.807) is 0 Å². The van der Waals surface area contributed by atoms with E-state index in [0.717, 1.165) is 33.5 Å². The molecule has 9 aromatic rings. The van der Waals surface area contributed by atoms with Gasteiger partial charge in [0.15, 0.2) is 5.78 Å².